The van der Waals surface area contributed by atoms with Gasteiger partial charge in [-0.2, -0.15) is 0 Å². The van der Waals surface area contributed by atoms with E-state index in [1.807, 2.05) is 63.2 Å². The van der Waals surface area contributed by atoms with Crippen molar-refractivity contribution in [3.8, 4) is 11.5 Å². The summed E-state index contributed by atoms with van der Waals surface area (Å²) < 4.78 is 15.9. The number of piperidine rings is 1. The van der Waals surface area contributed by atoms with E-state index in [0.717, 1.165) is 11.5 Å². The number of nitrogens with zero attached hydrogens (tertiary/aromatic N) is 1. The Kier molecular flexibility index (Phi) is 10.6. The Hall–Kier alpha value is -2.67. The normalized spacial score (nSPS) is 14.0. The molecule has 180 valence electrons. The summed E-state index contributed by atoms with van der Waals surface area (Å²) in [4.78, 5) is 26.2. The number of amides is 1. The standard InChI is InChI=1S/C13H23NO4.C13H12OS/c1-5-17-11(15)10-6-8-14(9-7-10)12(16)18-13(2,3)4;1-15-13-9-7-12(8-10-13)14-11-5-3-2-4-6-11/h10H,5-9H2,1-4H3;2-10H,1H3. The molecule has 3 rings (SSSR count). The van der Waals surface area contributed by atoms with Crippen LogP contribution in [-0.4, -0.2) is 48.5 Å². The molecule has 0 aliphatic carbocycles. The monoisotopic (exact) mass is 473 g/mol. The van der Waals surface area contributed by atoms with Crippen molar-refractivity contribution in [2.24, 2.45) is 5.92 Å². The van der Waals surface area contributed by atoms with Crippen molar-refractivity contribution in [1.29, 1.82) is 0 Å². The first-order chi connectivity index (χ1) is 15.7. The number of para-hydroxylation sites is 1. The Morgan fingerprint density at radius 1 is 0.970 bits per heavy atom. The quantitative estimate of drug-likeness (QED) is 0.370. The molecule has 0 saturated carbocycles. The van der Waals surface area contributed by atoms with Crippen LogP contribution < -0.4 is 4.74 Å². The summed E-state index contributed by atoms with van der Waals surface area (Å²) in [6, 6.07) is 17.9. The highest BCUT2D eigenvalue weighted by molar-refractivity contribution is 7.98. The van der Waals surface area contributed by atoms with Gasteiger partial charge in [0.05, 0.1) is 12.5 Å². The molecule has 33 heavy (non-hydrogen) atoms. The third-order valence-corrected chi connectivity index (χ3v) is 5.55. The van der Waals surface area contributed by atoms with Gasteiger partial charge in [0.25, 0.3) is 0 Å². The Morgan fingerprint density at radius 3 is 2.06 bits per heavy atom. The average molecular weight is 474 g/mol. The number of esters is 1. The van der Waals surface area contributed by atoms with Gasteiger partial charge in [-0.25, -0.2) is 4.79 Å². The summed E-state index contributed by atoms with van der Waals surface area (Å²) in [7, 11) is 0. The Balaban J connectivity index is 0.000000237. The van der Waals surface area contributed by atoms with Crippen molar-refractivity contribution < 1.29 is 23.8 Å². The lowest BCUT2D eigenvalue weighted by Gasteiger charge is -2.32. The highest BCUT2D eigenvalue weighted by Crippen LogP contribution is 2.24. The predicted octanol–water partition coefficient (Wildman–Crippen LogP) is 6.40. The average Bonchev–Trinajstić information content (AvgIpc) is 2.80. The molecular weight excluding hydrogens is 438 g/mol. The number of carbonyl (C=O) groups excluding carboxylic acids is 2. The molecule has 2 aromatic rings. The summed E-state index contributed by atoms with van der Waals surface area (Å²) >= 11 is 1.73. The van der Waals surface area contributed by atoms with Gasteiger partial charge in [0, 0.05) is 18.0 Å². The smallest absolute Gasteiger partial charge is 0.410 e. The fourth-order valence-electron chi connectivity index (χ4n) is 3.15. The lowest BCUT2D eigenvalue weighted by atomic mass is 9.97. The number of rotatable bonds is 5. The summed E-state index contributed by atoms with van der Waals surface area (Å²) in [6.07, 6.45) is 3.06. The van der Waals surface area contributed by atoms with Crippen LogP contribution in [0, 0.1) is 5.92 Å². The molecule has 1 fully saturated rings. The number of hydrogen-bond donors (Lipinski definition) is 0. The maximum atomic E-state index is 11.8. The molecule has 0 unspecified atom stereocenters. The van der Waals surface area contributed by atoms with Gasteiger partial charge >= 0.3 is 12.1 Å². The van der Waals surface area contributed by atoms with Crippen molar-refractivity contribution in [2.45, 2.75) is 51.0 Å². The van der Waals surface area contributed by atoms with Crippen LogP contribution in [-0.2, 0) is 14.3 Å². The number of likely N-dealkylation sites (tertiary alicyclic amines) is 1. The van der Waals surface area contributed by atoms with Gasteiger partial charge in [-0.15, -0.1) is 11.8 Å². The van der Waals surface area contributed by atoms with E-state index < -0.39 is 5.60 Å². The molecular formula is C26H35NO5S. The van der Waals surface area contributed by atoms with E-state index in [-0.39, 0.29) is 18.0 Å². The third-order valence-electron chi connectivity index (χ3n) is 4.80. The molecule has 0 aromatic heterocycles. The summed E-state index contributed by atoms with van der Waals surface area (Å²) in [6.45, 7) is 8.85. The van der Waals surface area contributed by atoms with Crippen LogP contribution in [0.2, 0.25) is 0 Å². The molecule has 0 bridgehead atoms. The highest BCUT2D eigenvalue weighted by atomic mass is 32.2. The first-order valence-corrected chi connectivity index (χ1v) is 12.5. The number of ether oxygens (including phenoxy) is 3. The molecule has 1 aliphatic heterocycles. The molecule has 0 spiro atoms. The Bertz CT molecular complexity index is 857. The van der Waals surface area contributed by atoms with E-state index in [1.165, 1.54) is 4.90 Å². The van der Waals surface area contributed by atoms with Crippen molar-refractivity contribution in [2.75, 3.05) is 26.0 Å². The zero-order valence-electron chi connectivity index (χ0n) is 20.2. The topological polar surface area (TPSA) is 65.1 Å². The van der Waals surface area contributed by atoms with Crippen molar-refractivity contribution in [3.05, 3.63) is 54.6 Å². The molecule has 1 amide bonds. The number of carbonyl (C=O) groups is 2. The molecule has 0 atom stereocenters. The second-order valence-electron chi connectivity index (χ2n) is 8.58. The molecule has 0 radical (unpaired) electrons. The summed E-state index contributed by atoms with van der Waals surface area (Å²) in [5, 5.41) is 0. The predicted molar refractivity (Wildman–Crippen MR) is 132 cm³/mol. The van der Waals surface area contributed by atoms with Crippen molar-refractivity contribution in [3.63, 3.8) is 0 Å². The fraction of sp³-hybridized carbons (Fsp3) is 0.462. The van der Waals surface area contributed by atoms with E-state index >= 15 is 0 Å². The van der Waals surface area contributed by atoms with Crippen LogP contribution in [0.15, 0.2) is 59.5 Å². The lowest BCUT2D eigenvalue weighted by Crippen LogP contribution is -2.43. The van der Waals surface area contributed by atoms with E-state index in [1.54, 1.807) is 23.6 Å². The van der Waals surface area contributed by atoms with Crippen LogP contribution in [0.4, 0.5) is 4.79 Å². The second-order valence-corrected chi connectivity index (χ2v) is 9.46. The van der Waals surface area contributed by atoms with Gasteiger partial charge in [0.1, 0.15) is 17.1 Å². The maximum Gasteiger partial charge on any atom is 0.410 e. The molecule has 2 aromatic carbocycles. The van der Waals surface area contributed by atoms with Crippen LogP contribution in [0.1, 0.15) is 40.5 Å². The minimum absolute atomic E-state index is 0.0800. The summed E-state index contributed by atoms with van der Waals surface area (Å²) in [5.41, 5.74) is -0.477. The molecule has 1 heterocycles. The molecule has 0 N–H and O–H groups in total. The van der Waals surface area contributed by atoms with Gasteiger partial charge in [-0.1, -0.05) is 18.2 Å². The van der Waals surface area contributed by atoms with Gasteiger partial charge < -0.3 is 19.1 Å². The van der Waals surface area contributed by atoms with E-state index in [4.69, 9.17) is 14.2 Å². The van der Waals surface area contributed by atoms with E-state index in [2.05, 4.69) is 18.4 Å². The van der Waals surface area contributed by atoms with E-state index in [9.17, 15) is 9.59 Å². The van der Waals surface area contributed by atoms with Crippen LogP contribution in [0.5, 0.6) is 11.5 Å². The third kappa shape index (κ3) is 9.78. The fourth-order valence-corrected chi connectivity index (χ4v) is 3.56. The van der Waals surface area contributed by atoms with Crippen molar-refractivity contribution >= 4 is 23.8 Å². The lowest BCUT2D eigenvalue weighted by molar-refractivity contribution is -0.149. The molecule has 7 heteroatoms. The first kappa shape index (κ1) is 26.6. The number of hydrogen-bond acceptors (Lipinski definition) is 6. The number of benzene rings is 2. The molecule has 6 nitrogen and oxygen atoms in total. The van der Waals surface area contributed by atoms with Crippen LogP contribution >= 0.6 is 11.8 Å². The number of thioether (sulfide) groups is 1. The van der Waals surface area contributed by atoms with Gasteiger partial charge in [-0.3, -0.25) is 4.79 Å². The highest BCUT2D eigenvalue weighted by Gasteiger charge is 2.30. The SMILES string of the molecule is CCOC(=O)C1CCN(C(=O)OC(C)(C)C)CC1.CSc1ccc(Oc2ccccc2)cc1. The van der Waals surface area contributed by atoms with Gasteiger partial charge in [0.15, 0.2) is 0 Å². The van der Waals surface area contributed by atoms with E-state index in [0.29, 0.717) is 32.5 Å². The molecule has 1 aliphatic rings. The molecule has 1 saturated heterocycles. The zero-order valence-corrected chi connectivity index (χ0v) is 21.0. The zero-order chi connectivity index (χ0) is 24.3. The van der Waals surface area contributed by atoms with Crippen LogP contribution in [0.3, 0.4) is 0 Å². The summed E-state index contributed by atoms with van der Waals surface area (Å²) in [5.74, 6) is 1.51. The Labute approximate surface area is 201 Å². The van der Waals surface area contributed by atoms with Gasteiger partial charge in [-0.05, 0) is 83.2 Å². The second kappa shape index (κ2) is 13.1. The first-order valence-electron chi connectivity index (χ1n) is 11.2. The van der Waals surface area contributed by atoms with Gasteiger partial charge in [0.2, 0.25) is 0 Å². The van der Waals surface area contributed by atoms with Crippen LogP contribution in [0.25, 0.3) is 0 Å². The van der Waals surface area contributed by atoms with Crippen molar-refractivity contribution in [1.82, 2.24) is 4.90 Å². The largest absolute Gasteiger partial charge is 0.466 e. The maximum absolute atomic E-state index is 11.8. The Morgan fingerprint density at radius 2 is 1.55 bits per heavy atom. The minimum atomic E-state index is -0.477. The minimum Gasteiger partial charge on any atom is -0.466 e.